The zero-order valence-corrected chi connectivity index (χ0v) is 13.7. The van der Waals surface area contributed by atoms with E-state index >= 15 is 0 Å². The summed E-state index contributed by atoms with van der Waals surface area (Å²) < 4.78 is 0. The van der Waals surface area contributed by atoms with Gasteiger partial charge < -0.3 is 5.32 Å². The molecule has 0 bridgehead atoms. The van der Waals surface area contributed by atoms with Gasteiger partial charge in [-0.25, -0.2) is 0 Å². The van der Waals surface area contributed by atoms with Gasteiger partial charge in [0.2, 0.25) is 0 Å². The summed E-state index contributed by atoms with van der Waals surface area (Å²) in [7, 11) is 0. The largest absolute Gasteiger partial charge is 0.321 e. The van der Waals surface area contributed by atoms with E-state index in [1.807, 2.05) is 42.5 Å². The van der Waals surface area contributed by atoms with E-state index in [9.17, 15) is 4.79 Å². The van der Waals surface area contributed by atoms with E-state index in [2.05, 4.69) is 21.6 Å². The molecule has 0 radical (unpaired) electrons. The lowest BCUT2D eigenvalue weighted by Crippen LogP contribution is -2.12. The first kappa shape index (κ1) is 15.6. The molecule has 0 saturated heterocycles. The zero-order valence-electron chi connectivity index (χ0n) is 13.7. The second kappa shape index (κ2) is 6.54. The van der Waals surface area contributed by atoms with Gasteiger partial charge in [-0.05, 0) is 35.0 Å². The van der Waals surface area contributed by atoms with Crippen molar-refractivity contribution in [2.24, 2.45) is 0 Å². The smallest absolute Gasteiger partial charge is 0.273 e. The maximum atomic E-state index is 12.5. The Bertz CT molecular complexity index is 1150. The molecule has 5 nitrogen and oxygen atoms in total. The third-order valence-electron chi connectivity index (χ3n) is 4.14. The normalized spacial score (nSPS) is 10.4. The Morgan fingerprint density at radius 2 is 1.81 bits per heavy atom. The van der Waals surface area contributed by atoms with Crippen LogP contribution in [0.1, 0.15) is 16.1 Å². The first-order valence-electron chi connectivity index (χ1n) is 8.10. The molecule has 1 aromatic heterocycles. The van der Waals surface area contributed by atoms with Crippen LogP contribution in [0.3, 0.4) is 0 Å². The van der Waals surface area contributed by atoms with Crippen molar-refractivity contribution < 1.29 is 4.79 Å². The molecule has 0 aliphatic heterocycles. The van der Waals surface area contributed by atoms with Crippen LogP contribution in [0.5, 0.6) is 0 Å². The minimum absolute atomic E-state index is 0.306. The van der Waals surface area contributed by atoms with Crippen molar-refractivity contribution in [3.8, 4) is 17.3 Å². The molecule has 0 aliphatic rings. The van der Waals surface area contributed by atoms with Crippen LogP contribution in [-0.2, 0) is 0 Å². The molecular formula is C21H14N4O. The number of fused-ring (bicyclic) bond motifs is 1. The summed E-state index contributed by atoms with van der Waals surface area (Å²) in [5, 5.41) is 21.0. The van der Waals surface area contributed by atoms with E-state index in [1.165, 1.54) is 0 Å². The summed E-state index contributed by atoms with van der Waals surface area (Å²) >= 11 is 0. The average Bonchev–Trinajstić information content (AvgIpc) is 3.18. The first-order valence-corrected chi connectivity index (χ1v) is 8.10. The second-order valence-corrected chi connectivity index (χ2v) is 5.84. The number of nitrogens with zero attached hydrogens (tertiary/aromatic N) is 2. The summed E-state index contributed by atoms with van der Waals surface area (Å²) in [6, 6.07) is 24.6. The van der Waals surface area contributed by atoms with Crippen molar-refractivity contribution in [2.75, 3.05) is 5.32 Å². The number of hydrogen-bond donors (Lipinski definition) is 2. The van der Waals surface area contributed by atoms with E-state index in [0.29, 0.717) is 22.6 Å². The Balaban J connectivity index is 1.63. The summed E-state index contributed by atoms with van der Waals surface area (Å²) in [5.41, 5.74) is 3.08. The lowest BCUT2D eigenvalue weighted by Gasteiger charge is -2.03. The number of amides is 1. The molecular weight excluding hydrogens is 324 g/mol. The topological polar surface area (TPSA) is 81.6 Å². The van der Waals surface area contributed by atoms with E-state index in [-0.39, 0.29) is 5.91 Å². The summed E-state index contributed by atoms with van der Waals surface area (Å²) in [6.45, 7) is 0. The quantitative estimate of drug-likeness (QED) is 0.582. The van der Waals surface area contributed by atoms with Crippen molar-refractivity contribution in [3.05, 3.63) is 84.1 Å². The summed E-state index contributed by atoms with van der Waals surface area (Å²) in [6.07, 6.45) is 0. The number of aromatic amines is 1. The van der Waals surface area contributed by atoms with Crippen molar-refractivity contribution >= 4 is 22.4 Å². The number of rotatable bonds is 3. The summed E-state index contributed by atoms with van der Waals surface area (Å²) in [4.78, 5) is 12.5. The van der Waals surface area contributed by atoms with Crippen molar-refractivity contribution in [1.29, 1.82) is 5.26 Å². The van der Waals surface area contributed by atoms with Gasteiger partial charge in [-0.3, -0.25) is 9.89 Å². The molecule has 0 atom stereocenters. The molecule has 1 heterocycles. The molecule has 0 fully saturated rings. The minimum atomic E-state index is -0.306. The molecule has 124 valence electrons. The van der Waals surface area contributed by atoms with Crippen LogP contribution in [0.2, 0.25) is 0 Å². The molecule has 3 aromatic carbocycles. The average molecular weight is 338 g/mol. The van der Waals surface area contributed by atoms with E-state index in [1.54, 1.807) is 30.3 Å². The highest BCUT2D eigenvalue weighted by atomic mass is 16.1. The second-order valence-electron chi connectivity index (χ2n) is 5.84. The van der Waals surface area contributed by atoms with Crippen LogP contribution >= 0.6 is 0 Å². The van der Waals surface area contributed by atoms with Crippen molar-refractivity contribution in [1.82, 2.24) is 10.2 Å². The first-order chi connectivity index (χ1) is 12.7. The fourth-order valence-corrected chi connectivity index (χ4v) is 2.89. The van der Waals surface area contributed by atoms with Gasteiger partial charge in [0.1, 0.15) is 5.69 Å². The SMILES string of the molecule is N#Cc1cccc(NC(=O)c2cc(-c3cccc4ccccc34)n[nH]2)c1. The molecule has 4 aromatic rings. The van der Waals surface area contributed by atoms with Crippen LogP contribution < -0.4 is 5.32 Å². The predicted molar refractivity (Wildman–Crippen MR) is 101 cm³/mol. The van der Waals surface area contributed by atoms with Crippen molar-refractivity contribution in [2.45, 2.75) is 0 Å². The van der Waals surface area contributed by atoms with Gasteiger partial charge in [-0.2, -0.15) is 10.4 Å². The maximum Gasteiger partial charge on any atom is 0.273 e. The molecule has 0 unspecified atom stereocenters. The number of nitriles is 1. The number of anilines is 1. The third kappa shape index (κ3) is 2.92. The Hall–Kier alpha value is -3.91. The molecule has 2 N–H and O–H groups in total. The lowest BCUT2D eigenvalue weighted by atomic mass is 10.0. The Labute approximate surface area is 149 Å². The third-order valence-corrected chi connectivity index (χ3v) is 4.14. The molecule has 4 rings (SSSR count). The molecule has 0 aliphatic carbocycles. The van der Waals surface area contributed by atoms with Crippen LogP contribution in [0.4, 0.5) is 5.69 Å². The van der Waals surface area contributed by atoms with Crippen LogP contribution in [0, 0.1) is 11.3 Å². The predicted octanol–water partition coefficient (Wildman–Crippen LogP) is 4.35. The molecule has 5 heteroatoms. The van der Waals surface area contributed by atoms with E-state index < -0.39 is 0 Å². The van der Waals surface area contributed by atoms with Gasteiger partial charge in [-0.1, -0.05) is 48.5 Å². The maximum absolute atomic E-state index is 12.5. The Morgan fingerprint density at radius 3 is 2.69 bits per heavy atom. The number of carbonyl (C=O) groups excluding carboxylic acids is 1. The fraction of sp³-hybridized carbons (Fsp3) is 0. The Morgan fingerprint density at radius 1 is 1.00 bits per heavy atom. The van der Waals surface area contributed by atoms with Gasteiger partial charge in [0.05, 0.1) is 17.3 Å². The number of H-pyrrole nitrogens is 1. The van der Waals surface area contributed by atoms with Gasteiger partial charge >= 0.3 is 0 Å². The van der Waals surface area contributed by atoms with Gasteiger partial charge in [0, 0.05) is 11.3 Å². The summed E-state index contributed by atoms with van der Waals surface area (Å²) in [5.74, 6) is -0.306. The number of nitrogens with one attached hydrogen (secondary N) is 2. The number of aromatic nitrogens is 2. The van der Waals surface area contributed by atoms with E-state index in [4.69, 9.17) is 5.26 Å². The number of benzene rings is 3. The highest BCUT2D eigenvalue weighted by Crippen LogP contribution is 2.27. The van der Waals surface area contributed by atoms with Crippen LogP contribution in [0.25, 0.3) is 22.0 Å². The fourth-order valence-electron chi connectivity index (χ4n) is 2.89. The number of hydrogen-bond acceptors (Lipinski definition) is 3. The standard InChI is InChI=1S/C21H14N4O/c22-13-14-5-3-8-16(11-14)23-21(26)20-12-19(24-25-20)18-10-4-7-15-6-1-2-9-17(15)18/h1-12H,(H,23,26)(H,24,25). The van der Waals surface area contributed by atoms with Gasteiger partial charge in [-0.15, -0.1) is 0 Å². The highest BCUT2D eigenvalue weighted by molar-refractivity contribution is 6.04. The lowest BCUT2D eigenvalue weighted by molar-refractivity contribution is 0.102. The Kier molecular flexibility index (Phi) is 3.92. The monoisotopic (exact) mass is 338 g/mol. The van der Waals surface area contributed by atoms with Gasteiger partial charge in [0.25, 0.3) is 5.91 Å². The number of carbonyl (C=O) groups is 1. The molecule has 26 heavy (non-hydrogen) atoms. The minimum Gasteiger partial charge on any atom is -0.321 e. The van der Waals surface area contributed by atoms with E-state index in [0.717, 1.165) is 16.3 Å². The molecule has 0 spiro atoms. The zero-order chi connectivity index (χ0) is 17.9. The van der Waals surface area contributed by atoms with Crippen LogP contribution in [0.15, 0.2) is 72.8 Å². The van der Waals surface area contributed by atoms with Gasteiger partial charge in [0.15, 0.2) is 0 Å². The molecule has 1 amide bonds. The van der Waals surface area contributed by atoms with Crippen molar-refractivity contribution in [3.63, 3.8) is 0 Å². The van der Waals surface area contributed by atoms with Crippen LogP contribution in [-0.4, -0.2) is 16.1 Å². The molecule has 0 saturated carbocycles. The highest BCUT2D eigenvalue weighted by Gasteiger charge is 2.13.